The van der Waals surface area contributed by atoms with E-state index < -0.39 is 28.4 Å². The van der Waals surface area contributed by atoms with E-state index in [2.05, 4.69) is 0 Å². The van der Waals surface area contributed by atoms with E-state index in [1.165, 1.54) is 0 Å². The number of hydrogen-bond acceptors (Lipinski definition) is 2. The quantitative estimate of drug-likeness (QED) is 0.611. The van der Waals surface area contributed by atoms with Crippen molar-refractivity contribution in [2.45, 2.75) is 24.9 Å². The molecule has 13 heavy (non-hydrogen) atoms. The summed E-state index contributed by atoms with van der Waals surface area (Å²) >= 11 is 5.45. The van der Waals surface area contributed by atoms with Gasteiger partial charge in [-0.25, -0.2) is 0 Å². The molecule has 3 atom stereocenters. The molecule has 0 aromatic rings. The van der Waals surface area contributed by atoms with E-state index in [4.69, 9.17) is 11.6 Å². The molecule has 0 bridgehead atoms. The molecule has 0 spiro atoms. The first kappa shape index (κ1) is 10.6. The van der Waals surface area contributed by atoms with Crippen LogP contribution in [0.15, 0.2) is 0 Å². The van der Waals surface area contributed by atoms with Crippen LogP contribution in [-0.4, -0.2) is 17.0 Å². The maximum Gasteiger partial charge on any atom is 0.396 e. The van der Waals surface area contributed by atoms with Crippen molar-refractivity contribution in [3.05, 3.63) is 0 Å². The smallest absolute Gasteiger partial charge is 0.396 e. The molecule has 76 valence electrons. The highest BCUT2D eigenvalue weighted by atomic mass is 35.5. The Kier molecular flexibility index (Phi) is 1.90. The summed E-state index contributed by atoms with van der Waals surface area (Å²) in [6.07, 6.45) is -4.62. The van der Waals surface area contributed by atoms with E-state index in [1.54, 1.807) is 0 Å². The minimum Gasteiger partial charge on any atom is -0.550 e. The number of alkyl halides is 4. The Morgan fingerprint density at radius 1 is 1.46 bits per heavy atom. The molecule has 1 aliphatic carbocycles. The number of rotatable bonds is 1. The molecule has 0 saturated heterocycles. The highest BCUT2D eigenvalue weighted by Crippen LogP contribution is 2.72. The molecule has 6 heteroatoms. The summed E-state index contributed by atoms with van der Waals surface area (Å²) in [4.78, 5) is 8.56. The molecule has 1 fully saturated rings. The molecule has 0 amide bonds. The van der Waals surface area contributed by atoms with Crippen LogP contribution in [-0.2, 0) is 4.79 Å². The van der Waals surface area contributed by atoms with Crippen LogP contribution in [0.5, 0.6) is 0 Å². The molecule has 1 saturated carbocycles. The van der Waals surface area contributed by atoms with Crippen LogP contribution in [0.3, 0.4) is 0 Å². The summed E-state index contributed by atoms with van der Waals surface area (Å²) in [5, 5.41) is 10.3. The molecule has 0 N–H and O–H groups in total. The summed E-state index contributed by atoms with van der Waals surface area (Å²) in [5.74, 6) is -3.42. The monoisotopic (exact) mass is 215 g/mol. The molecule has 0 aromatic carbocycles. The Balaban J connectivity index is 3.04. The fourth-order valence-corrected chi connectivity index (χ4v) is 2.12. The second kappa shape index (κ2) is 2.32. The van der Waals surface area contributed by atoms with Crippen molar-refractivity contribution in [2.75, 3.05) is 0 Å². The lowest BCUT2D eigenvalue weighted by molar-refractivity contribution is -0.311. The molecule has 3 unspecified atom stereocenters. The van der Waals surface area contributed by atoms with Crippen LogP contribution in [0.2, 0.25) is 0 Å². The second-order valence-corrected chi connectivity index (χ2v) is 4.31. The van der Waals surface area contributed by atoms with Crippen molar-refractivity contribution in [1.29, 1.82) is 0 Å². The molecule has 0 aliphatic heterocycles. The van der Waals surface area contributed by atoms with Crippen molar-refractivity contribution in [3.8, 4) is 0 Å². The summed E-state index contributed by atoms with van der Waals surface area (Å²) in [6, 6.07) is 0. The van der Waals surface area contributed by atoms with Gasteiger partial charge in [0.2, 0.25) is 0 Å². The maximum atomic E-state index is 12.4. The predicted octanol–water partition coefficient (Wildman–Crippen LogP) is 0.932. The number of aliphatic carboxylic acids is 1. The van der Waals surface area contributed by atoms with Gasteiger partial charge in [0, 0.05) is 11.9 Å². The maximum absolute atomic E-state index is 12.4. The van der Waals surface area contributed by atoms with Gasteiger partial charge in [0.1, 0.15) is 0 Å². The lowest BCUT2D eigenvalue weighted by atomic mass is 10.1. The highest BCUT2D eigenvalue weighted by Gasteiger charge is 2.82. The zero-order valence-corrected chi connectivity index (χ0v) is 7.66. The number of carboxylic acid groups (broad SMARTS) is 1. The van der Waals surface area contributed by atoms with Gasteiger partial charge in [-0.15, -0.1) is 11.6 Å². The van der Waals surface area contributed by atoms with Crippen molar-refractivity contribution >= 4 is 17.6 Å². The van der Waals surface area contributed by atoms with E-state index in [0.717, 1.165) is 13.8 Å². The van der Waals surface area contributed by atoms with Crippen molar-refractivity contribution < 1.29 is 23.1 Å². The van der Waals surface area contributed by atoms with Gasteiger partial charge in [-0.3, -0.25) is 0 Å². The highest BCUT2D eigenvalue weighted by molar-refractivity contribution is 6.29. The van der Waals surface area contributed by atoms with Gasteiger partial charge in [-0.2, -0.15) is 13.2 Å². The van der Waals surface area contributed by atoms with Crippen LogP contribution in [0.25, 0.3) is 0 Å². The Morgan fingerprint density at radius 3 is 1.92 bits per heavy atom. The zero-order valence-electron chi connectivity index (χ0n) is 6.91. The molecular formula is C7H7ClF3O2-. The third-order valence-corrected chi connectivity index (χ3v) is 3.49. The average Bonchev–Trinajstić information content (AvgIpc) is 2.26. The second-order valence-electron chi connectivity index (χ2n) is 3.53. The van der Waals surface area contributed by atoms with E-state index in [0.29, 0.717) is 0 Å². The Morgan fingerprint density at radius 2 is 1.85 bits per heavy atom. The van der Waals surface area contributed by atoms with Crippen molar-refractivity contribution in [3.63, 3.8) is 0 Å². The molecule has 2 nitrogen and oxygen atoms in total. The van der Waals surface area contributed by atoms with Crippen molar-refractivity contribution in [1.82, 2.24) is 0 Å². The van der Waals surface area contributed by atoms with Gasteiger partial charge in [0.15, 0.2) is 0 Å². The van der Waals surface area contributed by atoms with Gasteiger partial charge >= 0.3 is 6.18 Å². The van der Waals surface area contributed by atoms with Crippen LogP contribution in [0.4, 0.5) is 13.2 Å². The molecule has 0 aromatic heterocycles. The first-order chi connectivity index (χ1) is 5.57. The minimum absolute atomic E-state index is 0.792. The fraction of sp³-hybridized carbons (Fsp3) is 0.857. The molecule has 0 radical (unpaired) electrons. The average molecular weight is 216 g/mol. The first-order valence-corrected chi connectivity index (χ1v) is 3.91. The molecule has 1 rings (SSSR count). The summed E-state index contributed by atoms with van der Waals surface area (Å²) in [6.45, 7) is 1.85. The predicted molar refractivity (Wildman–Crippen MR) is 36.9 cm³/mol. The first-order valence-electron chi connectivity index (χ1n) is 3.53. The van der Waals surface area contributed by atoms with Crippen LogP contribution in [0, 0.1) is 11.3 Å². The zero-order chi connectivity index (χ0) is 10.7. The lowest BCUT2D eigenvalue weighted by Gasteiger charge is -2.17. The number of halogens is 4. The Labute approximate surface area is 77.7 Å². The summed E-state index contributed by atoms with van der Waals surface area (Å²) in [7, 11) is 0. The Hall–Kier alpha value is -0.450. The minimum atomic E-state index is -4.62. The third kappa shape index (κ3) is 1.06. The third-order valence-electron chi connectivity index (χ3n) is 2.88. The fourth-order valence-electron chi connectivity index (χ4n) is 1.65. The molecule has 1 aliphatic rings. The number of carbonyl (C=O) groups is 1. The van der Waals surface area contributed by atoms with E-state index in [9.17, 15) is 23.1 Å². The van der Waals surface area contributed by atoms with Gasteiger partial charge in [0.05, 0.1) is 10.3 Å². The van der Waals surface area contributed by atoms with E-state index >= 15 is 0 Å². The van der Waals surface area contributed by atoms with Gasteiger partial charge in [-0.1, -0.05) is 0 Å². The van der Waals surface area contributed by atoms with E-state index in [1.807, 2.05) is 0 Å². The molecule has 0 heterocycles. The van der Waals surface area contributed by atoms with Crippen molar-refractivity contribution in [2.24, 2.45) is 11.3 Å². The summed E-state index contributed by atoms with van der Waals surface area (Å²) < 4.78 is 37.1. The Bertz CT molecular complexity index is 261. The number of hydrogen-bond donors (Lipinski definition) is 0. The lowest BCUT2D eigenvalue weighted by Crippen LogP contribution is -2.32. The van der Waals surface area contributed by atoms with Gasteiger partial charge < -0.3 is 9.90 Å². The number of carbonyl (C=O) groups excluding carboxylic acids is 1. The number of carboxylic acids is 1. The van der Waals surface area contributed by atoms with Gasteiger partial charge in [-0.05, 0) is 13.8 Å². The van der Waals surface area contributed by atoms with Crippen LogP contribution >= 0.6 is 11.6 Å². The SMILES string of the molecule is CC1(Cl)C(C(=O)[O-])C1(C)C(F)(F)F. The largest absolute Gasteiger partial charge is 0.550 e. The van der Waals surface area contributed by atoms with Gasteiger partial charge in [0.25, 0.3) is 0 Å². The van der Waals surface area contributed by atoms with Crippen LogP contribution < -0.4 is 5.11 Å². The van der Waals surface area contributed by atoms with E-state index in [-0.39, 0.29) is 0 Å². The summed E-state index contributed by atoms with van der Waals surface area (Å²) in [5.41, 5.74) is -2.37. The van der Waals surface area contributed by atoms with Crippen LogP contribution in [0.1, 0.15) is 13.8 Å². The standard InChI is InChI=1S/C7H8ClF3O2/c1-5(7(9,10)11)3(4(12)13)6(5,2)8/h3H,1-2H3,(H,12,13)/p-1. The topological polar surface area (TPSA) is 40.1 Å². The molecular weight excluding hydrogens is 209 g/mol. The normalized spacial score (nSPS) is 44.6.